The normalized spacial score (nSPS) is 16.0. The van der Waals surface area contributed by atoms with E-state index in [0.717, 1.165) is 22.3 Å². The molecule has 1 N–H and O–H groups in total. The Labute approximate surface area is 141 Å². The van der Waals surface area contributed by atoms with Crippen molar-refractivity contribution in [3.05, 3.63) is 65.1 Å². The molecule has 1 aliphatic rings. The van der Waals surface area contributed by atoms with Crippen molar-refractivity contribution in [3.63, 3.8) is 0 Å². The fourth-order valence-corrected chi connectivity index (χ4v) is 3.02. The van der Waals surface area contributed by atoms with Gasteiger partial charge in [-0.15, -0.1) is 0 Å². The van der Waals surface area contributed by atoms with Gasteiger partial charge in [0, 0.05) is 30.4 Å². The Morgan fingerprint density at radius 1 is 1.13 bits per heavy atom. The van der Waals surface area contributed by atoms with Gasteiger partial charge in [0.1, 0.15) is 0 Å². The van der Waals surface area contributed by atoms with Gasteiger partial charge in [-0.2, -0.15) is 5.01 Å². The average Bonchev–Trinajstić information content (AvgIpc) is 2.84. The summed E-state index contributed by atoms with van der Waals surface area (Å²) in [7, 11) is 0. The van der Waals surface area contributed by atoms with Crippen LogP contribution in [0.25, 0.3) is 6.08 Å². The van der Waals surface area contributed by atoms with Crippen molar-refractivity contribution in [3.8, 4) is 0 Å². The zero-order chi connectivity index (χ0) is 16.2. The lowest BCUT2D eigenvalue weighted by molar-refractivity contribution is -0.123. The smallest absolute Gasteiger partial charge is 0.267 e. The van der Waals surface area contributed by atoms with Gasteiger partial charge in [0.15, 0.2) is 4.32 Å². The Balaban J connectivity index is 1.77. The van der Waals surface area contributed by atoms with E-state index in [1.807, 2.05) is 0 Å². The molecule has 0 radical (unpaired) electrons. The predicted molar refractivity (Wildman–Crippen MR) is 91.0 cm³/mol. The maximum Gasteiger partial charge on any atom is 0.285 e. The van der Waals surface area contributed by atoms with Gasteiger partial charge in [-0.05, 0) is 48.1 Å². The molecule has 23 heavy (non-hydrogen) atoms. The highest BCUT2D eigenvalue weighted by Crippen LogP contribution is 2.31. The first-order chi connectivity index (χ1) is 11.1. The number of carbonyl (C=O) groups is 2. The van der Waals surface area contributed by atoms with Crippen LogP contribution >= 0.6 is 24.0 Å². The molecule has 0 unspecified atom stereocenters. The summed E-state index contributed by atoms with van der Waals surface area (Å²) >= 11 is 6.30. The highest BCUT2D eigenvalue weighted by molar-refractivity contribution is 8.26. The molecule has 0 aliphatic carbocycles. The van der Waals surface area contributed by atoms with Crippen molar-refractivity contribution in [1.82, 2.24) is 20.4 Å². The third-order valence-corrected chi connectivity index (χ3v) is 4.26. The molecule has 0 aromatic carbocycles. The summed E-state index contributed by atoms with van der Waals surface area (Å²) in [5, 5.41) is 1.08. The summed E-state index contributed by atoms with van der Waals surface area (Å²) in [5.41, 5.74) is 3.74. The van der Waals surface area contributed by atoms with Crippen LogP contribution in [-0.4, -0.2) is 31.1 Å². The molecule has 0 atom stereocenters. The minimum absolute atomic E-state index is 0.276. The number of hydrazine groups is 1. The van der Waals surface area contributed by atoms with Gasteiger partial charge in [0.05, 0.1) is 4.91 Å². The zero-order valence-corrected chi connectivity index (χ0v) is 13.3. The summed E-state index contributed by atoms with van der Waals surface area (Å²) in [6.45, 7) is 0. The molecule has 0 bridgehead atoms. The van der Waals surface area contributed by atoms with E-state index in [1.54, 1.807) is 42.7 Å². The molecule has 1 fully saturated rings. The highest BCUT2D eigenvalue weighted by atomic mass is 32.2. The fourth-order valence-electron chi connectivity index (χ4n) is 1.84. The third-order valence-electron chi connectivity index (χ3n) is 2.95. The first-order valence-corrected chi connectivity index (χ1v) is 7.76. The molecular formula is C15H10N4O2S2. The number of nitrogens with one attached hydrogen (secondary N) is 1. The lowest BCUT2D eigenvalue weighted by atomic mass is 10.2. The van der Waals surface area contributed by atoms with E-state index >= 15 is 0 Å². The lowest BCUT2D eigenvalue weighted by Crippen LogP contribution is -2.44. The Kier molecular flexibility index (Phi) is 4.45. The topological polar surface area (TPSA) is 75.2 Å². The van der Waals surface area contributed by atoms with Crippen molar-refractivity contribution in [2.24, 2.45) is 0 Å². The van der Waals surface area contributed by atoms with Crippen molar-refractivity contribution in [2.75, 3.05) is 0 Å². The van der Waals surface area contributed by atoms with Crippen LogP contribution in [0.4, 0.5) is 0 Å². The quantitative estimate of drug-likeness (QED) is 0.679. The molecule has 114 valence electrons. The Morgan fingerprint density at radius 2 is 1.74 bits per heavy atom. The maximum absolute atomic E-state index is 12.4. The summed E-state index contributed by atoms with van der Waals surface area (Å²) < 4.78 is 0.276. The van der Waals surface area contributed by atoms with Crippen LogP contribution in [0.5, 0.6) is 0 Å². The first-order valence-electron chi connectivity index (χ1n) is 6.54. The summed E-state index contributed by atoms with van der Waals surface area (Å²) in [5.74, 6) is -0.784. The maximum atomic E-state index is 12.4. The van der Waals surface area contributed by atoms with E-state index in [1.165, 1.54) is 12.4 Å². The molecule has 2 aromatic rings. The van der Waals surface area contributed by atoms with Crippen molar-refractivity contribution in [2.45, 2.75) is 0 Å². The van der Waals surface area contributed by atoms with Crippen molar-refractivity contribution < 1.29 is 9.59 Å². The van der Waals surface area contributed by atoms with Crippen LogP contribution in [0.1, 0.15) is 15.9 Å². The lowest BCUT2D eigenvalue weighted by Gasteiger charge is -2.15. The summed E-state index contributed by atoms with van der Waals surface area (Å²) in [6.07, 6.45) is 7.99. The number of carbonyl (C=O) groups excluding carboxylic acids is 2. The van der Waals surface area contributed by atoms with Gasteiger partial charge in [0.25, 0.3) is 11.8 Å². The number of pyridine rings is 2. The molecule has 1 aliphatic heterocycles. The minimum atomic E-state index is -0.422. The molecule has 3 heterocycles. The standard InChI is InChI=1S/C15H10N4O2S2/c20-13(11-3-7-17-8-4-11)18-19-14(21)12(23-15(19)22)9-10-1-5-16-6-2-10/h1-9H,(H,18,20)/b12-9-. The molecule has 8 heteroatoms. The fraction of sp³-hybridized carbons (Fsp3) is 0. The second kappa shape index (κ2) is 6.67. The van der Waals surface area contributed by atoms with Gasteiger partial charge < -0.3 is 0 Å². The van der Waals surface area contributed by atoms with E-state index in [4.69, 9.17) is 12.2 Å². The van der Waals surface area contributed by atoms with E-state index in [-0.39, 0.29) is 10.2 Å². The van der Waals surface area contributed by atoms with E-state index in [9.17, 15) is 9.59 Å². The number of thiocarbonyl (C=S) groups is 1. The molecule has 0 saturated carbocycles. The molecule has 1 saturated heterocycles. The second-order valence-corrected chi connectivity index (χ2v) is 6.15. The molecule has 3 rings (SSSR count). The Morgan fingerprint density at radius 3 is 2.39 bits per heavy atom. The van der Waals surface area contributed by atoms with Gasteiger partial charge in [-0.1, -0.05) is 11.8 Å². The number of nitrogens with zero attached hydrogens (tertiary/aromatic N) is 3. The minimum Gasteiger partial charge on any atom is -0.267 e. The van der Waals surface area contributed by atoms with Gasteiger partial charge >= 0.3 is 0 Å². The average molecular weight is 342 g/mol. The van der Waals surface area contributed by atoms with E-state index in [0.29, 0.717) is 10.5 Å². The highest BCUT2D eigenvalue weighted by Gasteiger charge is 2.33. The number of aromatic nitrogens is 2. The first kappa shape index (κ1) is 15.3. The number of hydrogen-bond donors (Lipinski definition) is 1. The Hall–Kier alpha value is -2.58. The van der Waals surface area contributed by atoms with Gasteiger partial charge in [0.2, 0.25) is 0 Å². The second-order valence-electron chi connectivity index (χ2n) is 4.47. The van der Waals surface area contributed by atoms with Gasteiger partial charge in [-0.25, -0.2) is 0 Å². The van der Waals surface area contributed by atoms with Crippen LogP contribution in [0.3, 0.4) is 0 Å². The summed E-state index contributed by atoms with van der Waals surface area (Å²) in [6, 6.07) is 6.67. The monoisotopic (exact) mass is 342 g/mol. The van der Waals surface area contributed by atoms with E-state index < -0.39 is 5.91 Å². The van der Waals surface area contributed by atoms with Crippen molar-refractivity contribution in [1.29, 1.82) is 0 Å². The van der Waals surface area contributed by atoms with Crippen molar-refractivity contribution >= 4 is 46.2 Å². The Bertz CT molecular complexity index is 794. The number of hydrogen-bond acceptors (Lipinski definition) is 6. The number of amides is 2. The van der Waals surface area contributed by atoms with Crippen LogP contribution in [0, 0.1) is 0 Å². The third kappa shape index (κ3) is 3.43. The molecular weight excluding hydrogens is 332 g/mol. The summed E-state index contributed by atoms with van der Waals surface area (Å²) in [4.78, 5) is 32.7. The largest absolute Gasteiger partial charge is 0.285 e. The number of thioether (sulfide) groups is 1. The zero-order valence-electron chi connectivity index (χ0n) is 11.7. The van der Waals surface area contributed by atoms with Crippen LogP contribution in [-0.2, 0) is 4.79 Å². The molecule has 0 spiro atoms. The van der Waals surface area contributed by atoms with Crippen LogP contribution in [0.15, 0.2) is 54.0 Å². The molecule has 6 nitrogen and oxygen atoms in total. The SMILES string of the molecule is O=C(NN1C(=O)/C(=C/c2ccncc2)SC1=S)c1ccncc1. The van der Waals surface area contributed by atoms with Crippen LogP contribution < -0.4 is 5.43 Å². The molecule has 2 aromatic heterocycles. The van der Waals surface area contributed by atoms with Gasteiger partial charge in [-0.3, -0.25) is 25.0 Å². The van der Waals surface area contributed by atoms with Crippen LogP contribution in [0.2, 0.25) is 0 Å². The number of rotatable bonds is 3. The molecule has 2 amide bonds. The van der Waals surface area contributed by atoms with E-state index in [2.05, 4.69) is 15.4 Å². The predicted octanol–water partition coefficient (Wildman–Crippen LogP) is 2.02.